The van der Waals surface area contributed by atoms with Crippen molar-refractivity contribution >= 4 is 17.7 Å². The van der Waals surface area contributed by atoms with Crippen molar-refractivity contribution in [2.24, 2.45) is 5.92 Å². The Hall–Kier alpha value is -1.07. The number of carbonyl (C=O) groups is 1. The number of nitrogens with zero attached hydrogens (tertiary/aromatic N) is 3. The molecule has 1 aromatic rings. The second kappa shape index (κ2) is 10.3. The van der Waals surface area contributed by atoms with Crippen LogP contribution in [-0.2, 0) is 11.3 Å². The zero-order valence-corrected chi connectivity index (χ0v) is 16.9. The molecular weight excluding hydrogens is 342 g/mol. The van der Waals surface area contributed by atoms with Gasteiger partial charge in [0.1, 0.15) is 0 Å². The van der Waals surface area contributed by atoms with Crippen LogP contribution in [0.2, 0.25) is 0 Å². The fraction of sp³-hybridized carbons (Fsp3) is 0.714. The SMILES string of the molecule is CSCC(=O)N(Cc1cccnc1)C[C@H]1CCCN(C2CCCCC2)C1. The molecule has 3 rings (SSSR count). The van der Waals surface area contributed by atoms with E-state index in [0.717, 1.165) is 18.2 Å². The molecule has 2 aliphatic rings. The molecule has 26 heavy (non-hydrogen) atoms. The zero-order valence-electron chi connectivity index (χ0n) is 16.1. The summed E-state index contributed by atoms with van der Waals surface area (Å²) in [6.45, 7) is 3.99. The van der Waals surface area contributed by atoms with Crippen LogP contribution in [0.25, 0.3) is 0 Å². The highest BCUT2D eigenvalue weighted by Gasteiger charge is 2.28. The molecule has 1 aliphatic carbocycles. The lowest BCUT2D eigenvalue weighted by Crippen LogP contribution is -2.47. The number of aromatic nitrogens is 1. The molecule has 0 aromatic carbocycles. The number of hydrogen-bond donors (Lipinski definition) is 0. The first-order valence-corrected chi connectivity index (χ1v) is 11.6. The molecule has 1 saturated heterocycles. The average Bonchev–Trinajstić information content (AvgIpc) is 2.69. The molecule has 144 valence electrons. The molecule has 1 saturated carbocycles. The predicted molar refractivity (Wildman–Crippen MR) is 109 cm³/mol. The summed E-state index contributed by atoms with van der Waals surface area (Å²) in [5.41, 5.74) is 1.13. The van der Waals surface area contributed by atoms with Crippen LogP contribution in [0.3, 0.4) is 0 Å². The van der Waals surface area contributed by atoms with E-state index in [2.05, 4.69) is 20.9 Å². The van der Waals surface area contributed by atoms with E-state index >= 15 is 0 Å². The van der Waals surface area contributed by atoms with Gasteiger partial charge in [-0.15, -0.1) is 0 Å². The van der Waals surface area contributed by atoms with Gasteiger partial charge >= 0.3 is 0 Å². The summed E-state index contributed by atoms with van der Waals surface area (Å²) in [6.07, 6.45) is 15.2. The van der Waals surface area contributed by atoms with Crippen LogP contribution in [0.1, 0.15) is 50.5 Å². The van der Waals surface area contributed by atoms with Crippen LogP contribution < -0.4 is 0 Å². The minimum absolute atomic E-state index is 0.260. The summed E-state index contributed by atoms with van der Waals surface area (Å²) in [5.74, 6) is 1.43. The van der Waals surface area contributed by atoms with Gasteiger partial charge in [0.25, 0.3) is 0 Å². The molecular formula is C21H33N3OS. The summed E-state index contributed by atoms with van der Waals surface area (Å²) in [6, 6.07) is 4.82. The maximum atomic E-state index is 12.7. The van der Waals surface area contributed by atoms with Gasteiger partial charge in [0.05, 0.1) is 5.75 Å². The normalized spacial score (nSPS) is 22.3. The van der Waals surface area contributed by atoms with Crippen molar-refractivity contribution in [3.8, 4) is 0 Å². The van der Waals surface area contributed by atoms with Crippen LogP contribution >= 0.6 is 11.8 Å². The van der Waals surface area contributed by atoms with E-state index in [0.29, 0.717) is 18.2 Å². The highest BCUT2D eigenvalue weighted by molar-refractivity contribution is 7.99. The number of piperidine rings is 1. The molecule has 2 fully saturated rings. The Labute approximate surface area is 162 Å². The highest BCUT2D eigenvalue weighted by atomic mass is 32.2. The van der Waals surface area contributed by atoms with Gasteiger partial charge in [-0.1, -0.05) is 25.3 Å². The average molecular weight is 376 g/mol. The van der Waals surface area contributed by atoms with Crippen LogP contribution in [-0.4, -0.2) is 58.4 Å². The fourth-order valence-corrected chi connectivity index (χ4v) is 4.95. The van der Waals surface area contributed by atoms with E-state index in [1.807, 2.05) is 18.5 Å². The third-order valence-electron chi connectivity index (χ3n) is 5.84. The predicted octanol–water partition coefficient (Wildman–Crippen LogP) is 3.82. The number of rotatable bonds is 7. The first kappa shape index (κ1) is 19.7. The quantitative estimate of drug-likeness (QED) is 0.726. The van der Waals surface area contributed by atoms with Crippen molar-refractivity contribution in [1.82, 2.24) is 14.8 Å². The summed E-state index contributed by atoms with van der Waals surface area (Å²) in [4.78, 5) is 21.7. The number of pyridine rings is 1. The molecule has 1 aliphatic heterocycles. The molecule has 1 amide bonds. The smallest absolute Gasteiger partial charge is 0.232 e. The van der Waals surface area contributed by atoms with Gasteiger partial charge in [0.15, 0.2) is 0 Å². The first-order chi connectivity index (χ1) is 12.8. The third-order valence-corrected chi connectivity index (χ3v) is 6.37. The second-order valence-electron chi connectivity index (χ2n) is 7.86. The van der Waals surface area contributed by atoms with E-state index in [1.165, 1.54) is 58.0 Å². The van der Waals surface area contributed by atoms with Gasteiger partial charge in [-0.3, -0.25) is 9.78 Å². The van der Waals surface area contributed by atoms with E-state index < -0.39 is 0 Å². The van der Waals surface area contributed by atoms with Gasteiger partial charge in [-0.25, -0.2) is 0 Å². The lowest BCUT2D eigenvalue weighted by molar-refractivity contribution is -0.130. The molecule has 0 N–H and O–H groups in total. The van der Waals surface area contributed by atoms with Gasteiger partial charge in [0.2, 0.25) is 5.91 Å². The summed E-state index contributed by atoms with van der Waals surface area (Å²) < 4.78 is 0. The van der Waals surface area contributed by atoms with Crippen LogP contribution in [0.4, 0.5) is 0 Å². The van der Waals surface area contributed by atoms with Crippen molar-refractivity contribution in [2.75, 3.05) is 31.6 Å². The largest absolute Gasteiger partial charge is 0.337 e. The van der Waals surface area contributed by atoms with Gasteiger partial charge in [-0.2, -0.15) is 11.8 Å². The molecule has 0 spiro atoms. The molecule has 1 atom stereocenters. The number of likely N-dealkylation sites (tertiary alicyclic amines) is 1. The van der Waals surface area contributed by atoms with Crippen LogP contribution in [0.15, 0.2) is 24.5 Å². The molecule has 4 nitrogen and oxygen atoms in total. The van der Waals surface area contributed by atoms with Crippen molar-refractivity contribution in [1.29, 1.82) is 0 Å². The zero-order chi connectivity index (χ0) is 18.2. The first-order valence-electron chi connectivity index (χ1n) is 10.2. The number of carbonyl (C=O) groups excluding carboxylic acids is 1. The minimum Gasteiger partial charge on any atom is -0.337 e. The van der Waals surface area contributed by atoms with Crippen molar-refractivity contribution in [2.45, 2.75) is 57.5 Å². The lowest BCUT2D eigenvalue weighted by atomic mass is 9.90. The summed E-state index contributed by atoms with van der Waals surface area (Å²) in [7, 11) is 0. The molecule has 0 unspecified atom stereocenters. The van der Waals surface area contributed by atoms with Crippen LogP contribution in [0, 0.1) is 5.92 Å². The molecule has 0 radical (unpaired) electrons. The summed E-state index contributed by atoms with van der Waals surface area (Å²) >= 11 is 1.62. The Bertz CT molecular complexity index is 547. The standard InChI is InChI=1S/C21H33N3OS/c1-26-17-21(25)24(14-18-7-5-11-22-13-18)16-19-8-6-12-23(15-19)20-9-3-2-4-10-20/h5,7,11,13,19-20H,2-4,6,8-10,12,14-17H2,1H3/t19-/m0/s1. The fourth-order valence-electron chi connectivity index (χ4n) is 4.52. The minimum atomic E-state index is 0.260. The Morgan fingerprint density at radius 1 is 1.27 bits per heavy atom. The Kier molecular flexibility index (Phi) is 7.81. The molecule has 2 heterocycles. The van der Waals surface area contributed by atoms with Crippen molar-refractivity contribution in [3.05, 3.63) is 30.1 Å². The van der Waals surface area contributed by atoms with Crippen LogP contribution in [0.5, 0.6) is 0 Å². The maximum Gasteiger partial charge on any atom is 0.232 e. The van der Waals surface area contributed by atoms with Gasteiger partial charge < -0.3 is 9.80 Å². The summed E-state index contributed by atoms with van der Waals surface area (Å²) in [5, 5.41) is 0. The number of amides is 1. The van der Waals surface area contributed by atoms with E-state index in [4.69, 9.17) is 0 Å². The van der Waals surface area contributed by atoms with Crippen molar-refractivity contribution in [3.63, 3.8) is 0 Å². The van der Waals surface area contributed by atoms with Crippen molar-refractivity contribution < 1.29 is 4.79 Å². The van der Waals surface area contributed by atoms with E-state index in [-0.39, 0.29) is 5.91 Å². The topological polar surface area (TPSA) is 36.4 Å². The molecule has 0 bridgehead atoms. The van der Waals surface area contributed by atoms with Gasteiger partial charge in [-0.05, 0) is 56.0 Å². The van der Waals surface area contributed by atoms with Gasteiger partial charge in [0, 0.05) is 38.1 Å². The molecule has 1 aromatic heterocycles. The number of hydrogen-bond acceptors (Lipinski definition) is 4. The maximum absolute atomic E-state index is 12.7. The Morgan fingerprint density at radius 2 is 2.12 bits per heavy atom. The molecule has 5 heteroatoms. The van der Waals surface area contributed by atoms with E-state index in [9.17, 15) is 4.79 Å². The highest BCUT2D eigenvalue weighted by Crippen LogP contribution is 2.27. The number of thioether (sulfide) groups is 1. The second-order valence-corrected chi connectivity index (χ2v) is 8.73. The Balaban J connectivity index is 1.60. The monoisotopic (exact) mass is 375 g/mol. The van der Waals surface area contributed by atoms with E-state index in [1.54, 1.807) is 18.0 Å². The third kappa shape index (κ3) is 5.71. The Morgan fingerprint density at radius 3 is 2.85 bits per heavy atom. The lowest BCUT2D eigenvalue weighted by Gasteiger charge is -2.41.